The normalized spacial score (nSPS) is 14.0. The van der Waals surface area contributed by atoms with Gasteiger partial charge in [-0.15, -0.1) is 10.2 Å². The zero-order valence-electron chi connectivity index (χ0n) is 17.7. The third-order valence-corrected chi connectivity index (χ3v) is 6.76. The van der Waals surface area contributed by atoms with Crippen LogP contribution in [0.1, 0.15) is 13.8 Å². The molecule has 3 heterocycles. The Hall–Kier alpha value is -2.54. The largest absolute Gasteiger partial charge is 0.352 e. The lowest BCUT2D eigenvalue weighted by Gasteiger charge is -2.35. The fraction of sp³-hybridized carbons (Fsp3) is 0.556. The van der Waals surface area contributed by atoms with Crippen LogP contribution in [0.3, 0.4) is 0 Å². The quantitative estimate of drug-likeness (QED) is 0.405. The molecule has 0 spiro atoms. The van der Waals surface area contributed by atoms with Crippen molar-refractivity contribution >= 4 is 41.2 Å². The first-order chi connectivity index (χ1) is 15.0. The van der Waals surface area contributed by atoms with Gasteiger partial charge in [0.05, 0.1) is 17.7 Å². The minimum absolute atomic E-state index is 0.0257. The molecule has 0 saturated carbocycles. The van der Waals surface area contributed by atoms with Crippen molar-refractivity contribution in [2.24, 2.45) is 0 Å². The number of hydrogen-bond donors (Lipinski definition) is 1. The van der Waals surface area contributed by atoms with Gasteiger partial charge in [0.2, 0.25) is 22.1 Å². The maximum Gasteiger partial charge on any atom is 0.233 e. The van der Waals surface area contributed by atoms with Crippen LogP contribution in [0.5, 0.6) is 0 Å². The van der Waals surface area contributed by atoms with E-state index in [1.54, 1.807) is 23.5 Å². The van der Waals surface area contributed by atoms with Crippen LogP contribution < -0.4 is 10.7 Å². The van der Waals surface area contributed by atoms with E-state index >= 15 is 0 Å². The van der Waals surface area contributed by atoms with Crippen molar-refractivity contribution in [3.63, 3.8) is 0 Å². The summed E-state index contributed by atoms with van der Waals surface area (Å²) in [5.74, 6) is 7.41. The monoisotopic (exact) mass is 465 g/mol. The zero-order chi connectivity index (χ0) is 22.2. The number of nitrogens with zero attached hydrogens (tertiary/aromatic N) is 8. The summed E-state index contributed by atoms with van der Waals surface area (Å²) in [4.78, 5) is 38.8. The first-order valence-corrected chi connectivity index (χ1v) is 12.0. The molecule has 1 aliphatic rings. The molecule has 1 saturated heterocycles. The van der Waals surface area contributed by atoms with E-state index in [1.165, 1.54) is 28.2 Å². The predicted molar refractivity (Wildman–Crippen MR) is 120 cm³/mol. The van der Waals surface area contributed by atoms with Crippen LogP contribution >= 0.6 is 23.5 Å². The summed E-state index contributed by atoms with van der Waals surface area (Å²) in [6.07, 6.45) is 5.04. The summed E-state index contributed by atoms with van der Waals surface area (Å²) in [6.45, 7) is 7.90. The third kappa shape index (κ3) is 6.00. The summed E-state index contributed by atoms with van der Waals surface area (Å²) in [7, 11) is 0. The van der Waals surface area contributed by atoms with Crippen LogP contribution in [0.4, 0.5) is 5.82 Å². The number of piperazine rings is 1. The molecule has 0 bridgehead atoms. The Morgan fingerprint density at radius 2 is 1.68 bits per heavy atom. The van der Waals surface area contributed by atoms with Gasteiger partial charge in [-0.1, -0.05) is 23.5 Å². The van der Waals surface area contributed by atoms with Crippen LogP contribution in [0, 0.1) is 0 Å². The highest BCUT2D eigenvalue weighted by molar-refractivity contribution is 8.00. The van der Waals surface area contributed by atoms with Gasteiger partial charge in [0, 0.05) is 51.7 Å². The fourth-order valence-corrected chi connectivity index (χ4v) is 4.69. The summed E-state index contributed by atoms with van der Waals surface area (Å²) in [5.41, 5.74) is 0. The van der Waals surface area contributed by atoms with Gasteiger partial charge in [-0.05, 0) is 13.8 Å². The van der Waals surface area contributed by atoms with Crippen molar-refractivity contribution in [2.45, 2.75) is 24.2 Å². The number of rotatable bonds is 9. The molecule has 11 nitrogen and oxygen atoms in total. The molecule has 0 radical (unpaired) electrons. The summed E-state index contributed by atoms with van der Waals surface area (Å²) in [6, 6.07) is 0. The average Bonchev–Trinajstić information content (AvgIpc) is 3.16. The summed E-state index contributed by atoms with van der Waals surface area (Å²) in [5, 5.41) is 9.01. The number of amides is 2. The molecular weight excluding hydrogens is 438 g/mol. The Kier molecular flexibility index (Phi) is 8.35. The number of aromatic nitrogens is 5. The van der Waals surface area contributed by atoms with Crippen molar-refractivity contribution in [3.8, 4) is 0 Å². The van der Waals surface area contributed by atoms with Crippen molar-refractivity contribution in [1.82, 2.24) is 34.6 Å². The van der Waals surface area contributed by atoms with Gasteiger partial charge in [0.25, 0.3) is 0 Å². The van der Waals surface area contributed by atoms with Crippen molar-refractivity contribution in [1.29, 1.82) is 0 Å². The second-order valence-electron chi connectivity index (χ2n) is 6.71. The van der Waals surface area contributed by atoms with Crippen LogP contribution in [0.25, 0.3) is 0 Å². The highest BCUT2D eigenvalue weighted by atomic mass is 32.2. The van der Waals surface area contributed by atoms with E-state index in [2.05, 4.69) is 25.1 Å². The molecule has 0 atom stereocenters. The Labute approximate surface area is 189 Å². The second kappa shape index (κ2) is 11.2. The maximum absolute atomic E-state index is 12.6. The summed E-state index contributed by atoms with van der Waals surface area (Å²) < 4.78 is 1.34. The third-order valence-electron chi connectivity index (χ3n) is 4.90. The highest BCUT2D eigenvalue weighted by Crippen LogP contribution is 2.22. The fourth-order valence-electron chi connectivity index (χ4n) is 3.11. The van der Waals surface area contributed by atoms with Gasteiger partial charge >= 0.3 is 0 Å². The molecule has 31 heavy (non-hydrogen) atoms. The van der Waals surface area contributed by atoms with Crippen LogP contribution in [0.15, 0.2) is 28.9 Å². The second-order valence-corrected chi connectivity index (χ2v) is 8.59. The lowest BCUT2D eigenvalue weighted by molar-refractivity contribution is -0.129. The Morgan fingerprint density at radius 3 is 2.26 bits per heavy atom. The van der Waals surface area contributed by atoms with E-state index in [9.17, 15) is 9.59 Å². The Morgan fingerprint density at radius 1 is 1.03 bits per heavy atom. The first kappa shape index (κ1) is 23.1. The highest BCUT2D eigenvalue weighted by Gasteiger charge is 2.23. The lowest BCUT2D eigenvalue weighted by Crippen LogP contribution is -2.49. The van der Waals surface area contributed by atoms with Crippen molar-refractivity contribution in [2.75, 3.05) is 61.5 Å². The van der Waals surface area contributed by atoms with Crippen molar-refractivity contribution in [3.05, 3.63) is 18.6 Å². The maximum atomic E-state index is 12.6. The number of anilines is 1. The van der Waals surface area contributed by atoms with Crippen LogP contribution in [0.2, 0.25) is 0 Å². The van der Waals surface area contributed by atoms with E-state index < -0.39 is 0 Å². The van der Waals surface area contributed by atoms with E-state index in [-0.39, 0.29) is 23.3 Å². The van der Waals surface area contributed by atoms with E-state index in [4.69, 9.17) is 5.84 Å². The molecule has 168 valence electrons. The number of nitrogens with two attached hydrogens (primary N) is 1. The molecule has 2 aromatic rings. The smallest absolute Gasteiger partial charge is 0.233 e. The molecule has 0 unspecified atom stereocenters. The van der Waals surface area contributed by atoms with Gasteiger partial charge in [0.15, 0.2) is 0 Å². The average molecular weight is 466 g/mol. The SMILES string of the molecule is CCN(CC)C(=O)CSc1nnc(SCC(=O)N2CCN(c3cnccn3)CC2)n1N. The molecular formula is C18H27N9O2S2. The lowest BCUT2D eigenvalue weighted by atomic mass is 10.3. The van der Waals surface area contributed by atoms with Gasteiger partial charge < -0.3 is 20.5 Å². The minimum Gasteiger partial charge on any atom is -0.352 e. The summed E-state index contributed by atoms with van der Waals surface area (Å²) >= 11 is 2.49. The number of carbonyl (C=O) groups excluding carboxylic acids is 2. The van der Waals surface area contributed by atoms with Gasteiger partial charge in [-0.25, -0.2) is 9.66 Å². The van der Waals surface area contributed by atoms with Gasteiger partial charge in [-0.2, -0.15) is 0 Å². The number of hydrogen-bond acceptors (Lipinski definition) is 10. The Balaban J connectivity index is 1.45. The number of thioether (sulfide) groups is 2. The molecule has 2 amide bonds. The molecule has 0 aliphatic carbocycles. The molecule has 13 heteroatoms. The molecule has 2 aromatic heterocycles. The molecule has 0 aromatic carbocycles. The zero-order valence-corrected chi connectivity index (χ0v) is 19.3. The van der Waals surface area contributed by atoms with Crippen molar-refractivity contribution < 1.29 is 9.59 Å². The first-order valence-electron chi connectivity index (χ1n) is 10.1. The van der Waals surface area contributed by atoms with Crippen LogP contribution in [-0.2, 0) is 9.59 Å². The topological polar surface area (TPSA) is 126 Å². The Bertz CT molecular complexity index is 868. The minimum atomic E-state index is 0.0257. The van der Waals surface area contributed by atoms with Gasteiger partial charge in [0.1, 0.15) is 5.82 Å². The molecule has 1 aliphatic heterocycles. The molecule has 3 rings (SSSR count). The van der Waals surface area contributed by atoms with E-state index in [0.29, 0.717) is 49.6 Å². The molecule has 2 N–H and O–H groups in total. The molecule has 1 fully saturated rings. The van der Waals surface area contributed by atoms with Crippen LogP contribution in [-0.4, -0.2) is 97.2 Å². The van der Waals surface area contributed by atoms with E-state index in [1.807, 2.05) is 18.7 Å². The van der Waals surface area contributed by atoms with E-state index in [0.717, 1.165) is 5.82 Å². The van der Waals surface area contributed by atoms with Gasteiger partial charge in [-0.3, -0.25) is 14.6 Å². The predicted octanol–water partition coefficient (Wildman–Crippen LogP) is 0.183. The number of carbonyl (C=O) groups is 2. The number of nitrogen functional groups attached to an aromatic ring is 1. The standard InChI is InChI=1S/C18H27N9O2S2/c1-3-24(4-2)15(28)12-30-17-22-23-18(27(17)19)31-13-16(29)26-9-7-25(8-10-26)14-11-20-5-6-21-14/h5-6,11H,3-4,7-10,12-13,19H2,1-2H3.